The maximum absolute atomic E-state index is 13.7. The zero-order valence-corrected chi connectivity index (χ0v) is 27.4. The van der Waals surface area contributed by atoms with Gasteiger partial charge in [0.15, 0.2) is 0 Å². The zero-order valence-electron chi connectivity index (χ0n) is 26.6. The predicted octanol–water partition coefficient (Wildman–Crippen LogP) is 6.53. The highest BCUT2D eigenvalue weighted by atomic mass is 32.2. The van der Waals surface area contributed by atoms with E-state index in [-0.39, 0.29) is 36.5 Å². The molecule has 45 heavy (non-hydrogen) atoms. The van der Waals surface area contributed by atoms with Crippen LogP contribution in [-0.4, -0.2) is 56.8 Å². The monoisotopic (exact) mass is 632 g/mol. The Labute approximate surface area is 270 Å². The number of methoxy groups -OCH3 is 1. The first kappa shape index (κ1) is 35.2. The van der Waals surface area contributed by atoms with Gasteiger partial charge in [-0.1, -0.05) is 69.2 Å². The molecule has 4 amide bonds. The number of ether oxygens (including phenoxy) is 1. The van der Waals surface area contributed by atoms with Gasteiger partial charge in [-0.05, 0) is 60.7 Å². The Balaban J connectivity index is 1.70. The van der Waals surface area contributed by atoms with Gasteiger partial charge >= 0.3 is 12.0 Å². The molecule has 0 aliphatic carbocycles. The molecular weight excluding hydrogens is 588 g/mol. The Morgan fingerprint density at radius 1 is 0.889 bits per heavy atom. The summed E-state index contributed by atoms with van der Waals surface area (Å²) in [5.74, 6) is 0.0963. The van der Waals surface area contributed by atoms with Crippen molar-refractivity contribution < 1.29 is 23.9 Å². The second kappa shape index (κ2) is 18.5. The van der Waals surface area contributed by atoms with Crippen molar-refractivity contribution in [1.29, 1.82) is 0 Å². The van der Waals surface area contributed by atoms with E-state index < -0.39 is 6.03 Å². The van der Waals surface area contributed by atoms with Crippen LogP contribution in [0.3, 0.4) is 0 Å². The molecule has 0 saturated carbocycles. The standard InChI is InChI=1S/C35H44N4O5S/c1-5-26(6-2)15-13-21-39(32(40)24-36-35(43)37-28-16-12-14-27(22-28)23-34(42)44-4)30-19-10-11-20-31(30)45-25-33(41)38(3)29-17-8-7-9-18-29/h7-12,14,16-20,22,26H,5-6,13,15,21,23-25H2,1-4H3,(H2,36,37,43). The summed E-state index contributed by atoms with van der Waals surface area (Å²) in [6.07, 6.45) is 4.05. The highest BCUT2D eigenvalue weighted by Gasteiger charge is 2.21. The van der Waals surface area contributed by atoms with E-state index >= 15 is 0 Å². The molecule has 0 unspecified atom stereocenters. The molecule has 0 heterocycles. The number of amides is 4. The van der Waals surface area contributed by atoms with Crippen LogP contribution in [0.4, 0.5) is 21.9 Å². The summed E-state index contributed by atoms with van der Waals surface area (Å²) in [6, 6.07) is 23.4. The van der Waals surface area contributed by atoms with Gasteiger partial charge in [0.25, 0.3) is 0 Å². The SMILES string of the molecule is CCC(CC)CCCN(C(=O)CNC(=O)Nc1cccc(CC(=O)OC)c1)c1ccccc1SCC(=O)N(C)c1ccccc1. The number of nitrogens with zero attached hydrogens (tertiary/aromatic N) is 2. The Kier molecular flexibility index (Phi) is 14.4. The van der Waals surface area contributed by atoms with Crippen molar-refractivity contribution in [3.05, 3.63) is 84.4 Å². The summed E-state index contributed by atoms with van der Waals surface area (Å²) >= 11 is 1.39. The Morgan fingerprint density at radius 2 is 1.60 bits per heavy atom. The first-order valence-electron chi connectivity index (χ1n) is 15.3. The third-order valence-corrected chi connectivity index (χ3v) is 8.68. The van der Waals surface area contributed by atoms with E-state index in [1.165, 1.54) is 18.9 Å². The fourth-order valence-electron chi connectivity index (χ4n) is 4.87. The lowest BCUT2D eigenvalue weighted by molar-refractivity contribution is -0.139. The van der Waals surface area contributed by atoms with Gasteiger partial charge in [0.05, 0.1) is 31.5 Å². The maximum Gasteiger partial charge on any atom is 0.319 e. The van der Waals surface area contributed by atoms with Crippen LogP contribution in [-0.2, 0) is 25.5 Å². The Bertz CT molecular complexity index is 1410. The van der Waals surface area contributed by atoms with Crippen LogP contribution >= 0.6 is 11.8 Å². The molecule has 3 rings (SSSR count). The minimum absolute atomic E-state index is 0.0541. The van der Waals surface area contributed by atoms with Crippen molar-refractivity contribution in [2.24, 2.45) is 5.92 Å². The third-order valence-electron chi connectivity index (χ3n) is 7.64. The van der Waals surface area contributed by atoms with Crippen LogP contribution in [0.5, 0.6) is 0 Å². The van der Waals surface area contributed by atoms with Crippen LogP contribution in [0.15, 0.2) is 83.8 Å². The van der Waals surface area contributed by atoms with E-state index in [1.54, 1.807) is 41.1 Å². The van der Waals surface area contributed by atoms with Gasteiger partial charge in [-0.15, -0.1) is 11.8 Å². The van der Waals surface area contributed by atoms with E-state index in [0.29, 0.717) is 29.4 Å². The normalized spacial score (nSPS) is 10.7. The van der Waals surface area contributed by atoms with E-state index in [1.807, 2.05) is 54.6 Å². The van der Waals surface area contributed by atoms with Crippen molar-refractivity contribution >= 4 is 52.6 Å². The van der Waals surface area contributed by atoms with Crippen LogP contribution in [0, 0.1) is 5.92 Å². The van der Waals surface area contributed by atoms with Crippen molar-refractivity contribution in [3.63, 3.8) is 0 Å². The molecule has 3 aromatic carbocycles. The molecule has 0 atom stereocenters. The number of carbonyl (C=O) groups excluding carboxylic acids is 4. The van der Waals surface area contributed by atoms with Crippen molar-refractivity contribution in [3.8, 4) is 0 Å². The number of rotatable bonds is 16. The minimum Gasteiger partial charge on any atom is -0.469 e. The average molecular weight is 633 g/mol. The largest absolute Gasteiger partial charge is 0.469 e. The fraction of sp³-hybridized carbons (Fsp3) is 0.371. The van der Waals surface area contributed by atoms with Crippen LogP contribution in [0.2, 0.25) is 0 Å². The van der Waals surface area contributed by atoms with Crippen molar-refractivity contribution in [1.82, 2.24) is 5.32 Å². The number of nitrogens with one attached hydrogen (secondary N) is 2. The number of esters is 1. The maximum atomic E-state index is 13.7. The van der Waals surface area contributed by atoms with Crippen LogP contribution in [0.1, 0.15) is 45.1 Å². The van der Waals surface area contributed by atoms with Gasteiger partial charge in [0, 0.05) is 29.9 Å². The van der Waals surface area contributed by atoms with E-state index in [0.717, 1.165) is 36.3 Å². The molecule has 10 heteroatoms. The quantitative estimate of drug-likeness (QED) is 0.137. The van der Waals surface area contributed by atoms with E-state index in [4.69, 9.17) is 4.74 Å². The van der Waals surface area contributed by atoms with Crippen LogP contribution in [0.25, 0.3) is 0 Å². The second-order valence-corrected chi connectivity index (χ2v) is 11.7. The first-order valence-corrected chi connectivity index (χ1v) is 16.3. The van der Waals surface area contributed by atoms with Gasteiger partial charge in [0.2, 0.25) is 11.8 Å². The van der Waals surface area contributed by atoms with E-state index in [9.17, 15) is 19.2 Å². The zero-order chi connectivity index (χ0) is 32.6. The number of urea groups is 1. The van der Waals surface area contributed by atoms with Crippen molar-refractivity contribution in [2.45, 2.75) is 50.8 Å². The fourth-order valence-corrected chi connectivity index (χ4v) is 5.85. The molecule has 0 bridgehead atoms. The summed E-state index contributed by atoms with van der Waals surface area (Å²) in [5, 5.41) is 5.41. The molecular formula is C35H44N4O5S. The second-order valence-electron chi connectivity index (χ2n) is 10.7. The molecule has 0 aliphatic heterocycles. The number of carbonyl (C=O) groups is 4. The van der Waals surface area contributed by atoms with Gasteiger partial charge in [0.1, 0.15) is 0 Å². The van der Waals surface area contributed by atoms with Gasteiger partial charge in [-0.2, -0.15) is 0 Å². The molecule has 0 aliphatic rings. The molecule has 0 saturated heterocycles. The number of thioether (sulfide) groups is 1. The van der Waals surface area contributed by atoms with Crippen molar-refractivity contribution in [2.75, 3.05) is 48.1 Å². The summed E-state index contributed by atoms with van der Waals surface area (Å²) in [7, 11) is 3.08. The van der Waals surface area contributed by atoms with Gasteiger partial charge in [-0.3, -0.25) is 14.4 Å². The molecule has 240 valence electrons. The lowest BCUT2D eigenvalue weighted by Gasteiger charge is -2.26. The summed E-state index contributed by atoms with van der Waals surface area (Å²) < 4.78 is 4.72. The highest BCUT2D eigenvalue weighted by Crippen LogP contribution is 2.31. The molecule has 0 spiro atoms. The third kappa shape index (κ3) is 11.3. The molecule has 0 aromatic heterocycles. The number of anilines is 3. The van der Waals surface area contributed by atoms with Crippen LogP contribution < -0.4 is 20.4 Å². The predicted molar refractivity (Wildman–Crippen MR) is 182 cm³/mol. The molecule has 2 N–H and O–H groups in total. The smallest absolute Gasteiger partial charge is 0.319 e. The number of hydrogen-bond acceptors (Lipinski definition) is 6. The number of para-hydroxylation sites is 2. The van der Waals surface area contributed by atoms with E-state index in [2.05, 4.69) is 24.5 Å². The lowest BCUT2D eigenvalue weighted by Crippen LogP contribution is -2.42. The summed E-state index contributed by atoms with van der Waals surface area (Å²) in [4.78, 5) is 55.2. The average Bonchev–Trinajstić information content (AvgIpc) is 3.06. The lowest BCUT2D eigenvalue weighted by atomic mass is 9.97. The summed E-state index contributed by atoms with van der Waals surface area (Å²) in [5.41, 5.74) is 2.72. The molecule has 0 radical (unpaired) electrons. The molecule has 0 fully saturated rings. The summed E-state index contributed by atoms with van der Waals surface area (Å²) in [6.45, 7) is 4.64. The minimum atomic E-state index is -0.534. The Morgan fingerprint density at radius 3 is 2.31 bits per heavy atom. The Hall–Kier alpha value is -4.31. The number of hydrogen-bond donors (Lipinski definition) is 2. The topological polar surface area (TPSA) is 108 Å². The molecule has 3 aromatic rings. The van der Waals surface area contributed by atoms with Gasteiger partial charge < -0.3 is 25.2 Å². The first-order chi connectivity index (χ1) is 21.7. The highest BCUT2D eigenvalue weighted by molar-refractivity contribution is 8.00. The number of benzene rings is 3. The van der Waals surface area contributed by atoms with Gasteiger partial charge in [-0.25, -0.2) is 4.79 Å². The molecule has 9 nitrogen and oxygen atoms in total.